The molecule has 130 valence electrons. The zero-order chi connectivity index (χ0) is 17.2. The average Bonchev–Trinajstić information content (AvgIpc) is 2.79. The van der Waals surface area contributed by atoms with Crippen LogP contribution >= 0.6 is 7.82 Å². The first-order valence-electron chi connectivity index (χ1n) is 6.57. The predicted molar refractivity (Wildman–Crippen MR) is 70.1 cm³/mol. The summed E-state index contributed by atoms with van der Waals surface area (Å²) < 4.78 is 25.5. The molecule has 1 aliphatic heterocycles. The van der Waals surface area contributed by atoms with Gasteiger partial charge in [0.05, 0.1) is 20.5 Å². The van der Waals surface area contributed by atoms with E-state index in [9.17, 15) is 29.0 Å². The molecule has 3 atom stereocenters. The molecule has 2 N–H and O–H groups in total. The summed E-state index contributed by atoms with van der Waals surface area (Å²) in [6.07, 6.45) is -1.25. The first kappa shape index (κ1) is 18.0. The maximum Gasteiger partial charge on any atom is 0.330 e. The van der Waals surface area contributed by atoms with Crippen molar-refractivity contribution in [2.45, 2.75) is 31.8 Å². The number of phosphoric ester groups is 1. The Bertz CT molecular complexity index is 708. The topological polar surface area (TPSA) is 166 Å². The van der Waals surface area contributed by atoms with Crippen LogP contribution in [0.15, 0.2) is 15.8 Å². The molecule has 2 heterocycles. The molecule has 1 saturated heterocycles. The van der Waals surface area contributed by atoms with Gasteiger partial charge in [0.25, 0.3) is 5.56 Å². The number of phosphoric acid groups is 1. The average molecular weight is 350 g/mol. The summed E-state index contributed by atoms with van der Waals surface area (Å²) in [4.78, 5) is 45.7. The normalized spacial score (nSPS) is 25.0. The summed E-state index contributed by atoms with van der Waals surface area (Å²) in [5.41, 5.74) is -0.889. The van der Waals surface area contributed by atoms with Crippen LogP contribution < -0.4 is 21.0 Å². The van der Waals surface area contributed by atoms with Crippen LogP contribution in [0.4, 0.5) is 0 Å². The molecule has 1 aliphatic rings. The molecule has 0 saturated carbocycles. The third-order valence-corrected chi connectivity index (χ3v) is 3.66. The van der Waals surface area contributed by atoms with Crippen LogP contribution in [0.2, 0.25) is 0 Å². The van der Waals surface area contributed by atoms with Crippen LogP contribution in [0, 0.1) is 6.92 Å². The van der Waals surface area contributed by atoms with Gasteiger partial charge >= 0.3 is 5.69 Å². The second-order valence-electron chi connectivity index (χ2n) is 4.98. The van der Waals surface area contributed by atoms with Gasteiger partial charge in [-0.25, -0.2) is 4.79 Å². The third kappa shape index (κ3) is 4.82. The van der Waals surface area contributed by atoms with Crippen molar-refractivity contribution in [2.75, 3.05) is 13.4 Å². The monoisotopic (exact) mass is 350 g/mol. The van der Waals surface area contributed by atoms with E-state index in [-0.39, 0.29) is 13.0 Å². The molecule has 0 amide bonds. The predicted octanol–water partition coefficient (Wildman–Crippen LogP) is -2.69. The Labute approximate surface area is 129 Å². The van der Waals surface area contributed by atoms with E-state index in [0.717, 1.165) is 4.57 Å². The van der Waals surface area contributed by atoms with Gasteiger partial charge in [-0.05, 0) is 6.92 Å². The van der Waals surface area contributed by atoms with E-state index in [4.69, 9.17) is 9.47 Å². The number of nitrogens with one attached hydrogen (secondary N) is 1. The van der Waals surface area contributed by atoms with E-state index in [1.54, 1.807) is 0 Å². The van der Waals surface area contributed by atoms with Crippen LogP contribution in [0.3, 0.4) is 0 Å². The number of aromatic amines is 1. The largest absolute Gasteiger partial charge is 0.790 e. The van der Waals surface area contributed by atoms with Crippen molar-refractivity contribution >= 4 is 7.82 Å². The molecule has 0 aliphatic carbocycles. The lowest BCUT2D eigenvalue weighted by Gasteiger charge is -2.28. The summed E-state index contributed by atoms with van der Waals surface area (Å²) in [7, 11) is -5.13. The highest BCUT2D eigenvalue weighted by atomic mass is 31.2. The molecule has 1 aromatic heterocycles. The molecular weight excluding hydrogens is 335 g/mol. The summed E-state index contributed by atoms with van der Waals surface area (Å²) in [6, 6.07) is 0. The van der Waals surface area contributed by atoms with Crippen molar-refractivity contribution in [1.29, 1.82) is 0 Å². The molecule has 0 bridgehead atoms. The maximum absolute atomic E-state index is 11.8. The number of nitrogens with zero attached hydrogens (tertiary/aromatic N) is 1. The standard InChI is InChI=1S/C11H17N2O9P/c1-6-3-13(11(16)12-10(6)15)9-2-7(14)8(22-9)4-20-5-21-23(17,18)19/h3,7-9,14H,2,4-5H2,1H3,(H,12,15,16)(H2,17,18,19)/p-2/t7-,8+,9+/m0/s1. The van der Waals surface area contributed by atoms with E-state index >= 15 is 0 Å². The number of aliphatic hydroxyl groups is 1. The van der Waals surface area contributed by atoms with Gasteiger partial charge in [0.15, 0.2) is 6.79 Å². The Morgan fingerprint density at radius 1 is 1.52 bits per heavy atom. The van der Waals surface area contributed by atoms with Gasteiger partial charge in [0, 0.05) is 18.2 Å². The Hall–Kier alpha value is -1.33. The van der Waals surface area contributed by atoms with Gasteiger partial charge in [0.2, 0.25) is 0 Å². The molecule has 12 heteroatoms. The highest BCUT2D eigenvalue weighted by molar-refractivity contribution is 7.43. The Balaban J connectivity index is 1.96. The zero-order valence-electron chi connectivity index (χ0n) is 12.0. The molecule has 0 radical (unpaired) electrons. The van der Waals surface area contributed by atoms with E-state index in [1.807, 2.05) is 0 Å². The second kappa shape index (κ2) is 7.05. The highest BCUT2D eigenvalue weighted by Crippen LogP contribution is 2.28. The van der Waals surface area contributed by atoms with Crippen LogP contribution in [0.25, 0.3) is 0 Å². The number of hydrogen-bond donors (Lipinski definition) is 2. The summed E-state index contributed by atoms with van der Waals surface area (Å²) in [6.45, 7) is 0.482. The molecule has 0 spiro atoms. The van der Waals surface area contributed by atoms with E-state index in [0.29, 0.717) is 5.56 Å². The van der Waals surface area contributed by atoms with Crippen molar-refractivity contribution in [3.8, 4) is 0 Å². The molecule has 2 rings (SSSR count). The molecule has 1 aromatic rings. The van der Waals surface area contributed by atoms with Crippen LogP contribution in [0.5, 0.6) is 0 Å². The summed E-state index contributed by atoms with van der Waals surface area (Å²) in [5, 5.41) is 9.88. The van der Waals surface area contributed by atoms with Crippen molar-refractivity contribution in [3.05, 3.63) is 32.6 Å². The van der Waals surface area contributed by atoms with E-state index in [1.165, 1.54) is 13.1 Å². The van der Waals surface area contributed by atoms with Gasteiger partial charge in [-0.1, -0.05) is 0 Å². The second-order valence-corrected chi connectivity index (χ2v) is 6.13. The van der Waals surface area contributed by atoms with Gasteiger partial charge < -0.3 is 33.5 Å². The van der Waals surface area contributed by atoms with Gasteiger partial charge in [0.1, 0.15) is 12.3 Å². The van der Waals surface area contributed by atoms with Crippen LogP contribution in [-0.4, -0.2) is 40.3 Å². The Kier molecular flexibility index (Phi) is 5.53. The van der Waals surface area contributed by atoms with Crippen LogP contribution in [0.1, 0.15) is 18.2 Å². The van der Waals surface area contributed by atoms with Crippen LogP contribution in [-0.2, 0) is 18.6 Å². The fraction of sp³-hybridized carbons (Fsp3) is 0.636. The molecule has 1 fully saturated rings. The van der Waals surface area contributed by atoms with Crippen molar-refractivity contribution in [2.24, 2.45) is 0 Å². The minimum absolute atomic E-state index is 0.0713. The number of aromatic nitrogens is 2. The number of hydrogen-bond acceptors (Lipinski definition) is 9. The van der Waals surface area contributed by atoms with E-state index < -0.39 is 44.3 Å². The number of rotatable bonds is 6. The molecule has 0 aromatic carbocycles. The lowest BCUT2D eigenvalue weighted by Crippen LogP contribution is -2.33. The molecule has 0 unspecified atom stereocenters. The lowest BCUT2D eigenvalue weighted by atomic mass is 10.2. The number of aryl methyl sites for hydroxylation is 1. The molecular formula is C11H15N2O9P-2. The summed E-state index contributed by atoms with van der Waals surface area (Å²) >= 11 is 0. The molecule has 23 heavy (non-hydrogen) atoms. The lowest BCUT2D eigenvalue weighted by molar-refractivity contribution is -0.346. The number of aliphatic hydroxyl groups excluding tert-OH is 1. The maximum atomic E-state index is 11.8. The van der Waals surface area contributed by atoms with Crippen molar-refractivity contribution < 1.29 is 33.5 Å². The number of ether oxygens (including phenoxy) is 2. The van der Waals surface area contributed by atoms with E-state index in [2.05, 4.69) is 9.51 Å². The van der Waals surface area contributed by atoms with Crippen molar-refractivity contribution in [3.63, 3.8) is 0 Å². The Morgan fingerprint density at radius 3 is 2.87 bits per heavy atom. The highest BCUT2D eigenvalue weighted by Gasteiger charge is 2.35. The first-order valence-corrected chi connectivity index (χ1v) is 8.03. The summed E-state index contributed by atoms with van der Waals surface area (Å²) in [5.74, 6) is 0. The quantitative estimate of drug-likeness (QED) is 0.315. The number of H-pyrrole nitrogens is 1. The minimum Gasteiger partial charge on any atom is -0.790 e. The SMILES string of the molecule is Cc1cn([C@H]2C[C@H](O)[C@@H](COCOP(=O)([O-])[O-])O2)c(=O)[nH]c1=O. The van der Waals surface area contributed by atoms with Gasteiger partial charge in [-0.15, -0.1) is 0 Å². The zero-order valence-corrected chi connectivity index (χ0v) is 12.9. The van der Waals surface area contributed by atoms with Gasteiger partial charge in [-0.3, -0.25) is 14.3 Å². The van der Waals surface area contributed by atoms with Crippen molar-refractivity contribution in [1.82, 2.24) is 9.55 Å². The first-order chi connectivity index (χ1) is 10.7. The Morgan fingerprint density at radius 2 is 2.22 bits per heavy atom. The third-order valence-electron chi connectivity index (χ3n) is 3.24. The molecule has 11 nitrogen and oxygen atoms in total. The van der Waals surface area contributed by atoms with Gasteiger partial charge in [-0.2, -0.15) is 0 Å². The smallest absolute Gasteiger partial charge is 0.330 e. The fourth-order valence-corrected chi connectivity index (χ4v) is 2.31. The minimum atomic E-state index is -5.13. The fourth-order valence-electron chi connectivity index (χ4n) is 2.10.